The van der Waals surface area contributed by atoms with E-state index in [9.17, 15) is 9.59 Å². The van der Waals surface area contributed by atoms with E-state index in [1.54, 1.807) is 43.5 Å². The van der Waals surface area contributed by atoms with Gasteiger partial charge in [0.2, 0.25) is 5.91 Å². The summed E-state index contributed by atoms with van der Waals surface area (Å²) in [7, 11) is 0. The molecule has 0 saturated heterocycles. The number of pyridine rings is 1. The second kappa shape index (κ2) is 8.70. The minimum Gasteiger partial charge on any atom is -0.462 e. The zero-order chi connectivity index (χ0) is 17.5. The number of hydrogen-bond donors (Lipinski definition) is 1. The number of ether oxygens (including phenoxy) is 1. The van der Waals surface area contributed by atoms with Crippen LogP contribution in [0.5, 0.6) is 0 Å². The van der Waals surface area contributed by atoms with Crippen LogP contribution >= 0.6 is 23.4 Å². The molecule has 0 aliphatic heterocycles. The molecule has 2 rings (SSSR count). The predicted octanol–water partition coefficient (Wildman–Crippen LogP) is 3.95. The largest absolute Gasteiger partial charge is 0.462 e. The van der Waals surface area contributed by atoms with Crippen molar-refractivity contribution >= 4 is 40.9 Å². The molecule has 1 amide bonds. The number of benzene rings is 1. The molecule has 1 heterocycles. The Morgan fingerprint density at radius 3 is 2.83 bits per heavy atom. The van der Waals surface area contributed by atoms with Crippen LogP contribution in [0.2, 0.25) is 5.02 Å². The summed E-state index contributed by atoms with van der Waals surface area (Å²) < 4.78 is 4.99. The number of rotatable bonds is 6. The number of carbonyl (C=O) groups is 2. The molecule has 0 fully saturated rings. The van der Waals surface area contributed by atoms with Gasteiger partial charge in [-0.3, -0.25) is 4.79 Å². The van der Waals surface area contributed by atoms with Crippen LogP contribution in [0.15, 0.2) is 41.6 Å². The number of carbonyl (C=O) groups excluding carboxylic acids is 2. The summed E-state index contributed by atoms with van der Waals surface area (Å²) in [6.45, 7) is 3.86. The van der Waals surface area contributed by atoms with Crippen molar-refractivity contribution in [2.24, 2.45) is 0 Å². The molecule has 1 aromatic heterocycles. The highest BCUT2D eigenvalue weighted by Gasteiger charge is 2.15. The van der Waals surface area contributed by atoms with Gasteiger partial charge in [-0.2, -0.15) is 0 Å². The molecule has 1 aromatic carbocycles. The maximum atomic E-state index is 12.1. The Morgan fingerprint density at radius 1 is 1.29 bits per heavy atom. The predicted molar refractivity (Wildman–Crippen MR) is 95.7 cm³/mol. The first kappa shape index (κ1) is 18.3. The van der Waals surface area contributed by atoms with Crippen LogP contribution < -0.4 is 5.32 Å². The fourth-order valence-corrected chi connectivity index (χ4v) is 2.89. The minimum absolute atomic E-state index is 0.120. The van der Waals surface area contributed by atoms with Crippen LogP contribution in [-0.4, -0.2) is 29.2 Å². The third kappa shape index (κ3) is 4.72. The van der Waals surface area contributed by atoms with Gasteiger partial charge in [0.25, 0.3) is 0 Å². The molecule has 5 nitrogen and oxygen atoms in total. The van der Waals surface area contributed by atoms with Crippen molar-refractivity contribution in [3.05, 3.63) is 52.7 Å². The van der Waals surface area contributed by atoms with E-state index in [1.165, 1.54) is 11.8 Å². The van der Waals surface area contributed by atoms with Crippen LogP contribution in [0.1, 0.15) is 22.8 Å². The van der Waals surface area contributed by atoms with E-state index >= 15 is 0 Å². The molecule has 2 aromatic rings. The summed E-state index contributed by atoms with van der Waals surface area (Å²) in [6, 6.07) is 8.61. The van der Waals surface area contributed by atoms with Gasteiger partial charge in [-0.25, -0.2) is 9.78 Å². The summed E-state index contributed by atoms with van der Waals surface area (Å²) >= 11 is 7.22. The number of amides is 1. The number of thioether (sulfide) groups is 1. The molecule has 0 atom stereocenters. The van der Waals surface area contributed by atoms with Crippen LogP contribution in [0, 0.1) is 6.92 Å². The smallest absolute Gasteiger partial charge is 0.340 e. The van der Waals surface area contributed by atoms with Gasteiger partial charge in [0, 0.05) is 16.9 Å². The zero-order valence-corrected chi connectivity index (χ0v) is 14.9. The van der Waals surface area contributed by atoms with Crippen LogP contribution in [0.3, 0.4) is 0 Å². The van der Waals surface area contributed by atoms with Gasteiger partial charge < -0.3 is 10.1 Å². The van der Waals surface area contributed by atoms with Gasteiger partial charge in [0.15, 0.2) is 0 Å². The lowest BCUT2D eigenvalue weighted by Gasteiger charge is -2.10. The summed E-state index contributed by atoms with van der Waals surface area (Å²) in [5.41, 5.74) is 1.83. The second-order valence-corrected chi connectivity index (χ2v) is 6.20. The maximum absolute atomic E-state index is 12.1. The van der Waals surface area contributed by atoms with Crippen molar-refractivity contribution in [3.8, 4) is 0 Å². The molecule has 126 valence electrons. The summed E-state index contributed by atoms with van der Waals surface area (Å²) in [5, 5.41) is 3.87. The lowest BCUT2D eigenvalue weighted by Crippen LogP contribution is -2.15. The highest BCUT2D eigenvalue weighted by Crippen LogP contribution is 2.24. The fourth-order valence-electron chi connectivity index (χ4n) is 1.93. The Hall–Kier alpha value is -2.05. The number of nitrogens with zero attached hydrogens (tertiary/aromatic N) is 1. The maximum Gasteiger partial charge on any atom is 0.340 e. The Morgan fingerprint density at radius 2 is 2.08 bits per heavy atom. The Kier molecular flexibility index (Phi) is 6.63. The number of aromatic nitrogens is 1. The van der Waals surface area contributed by atoms with Gasteiger partial charge in [0.1, 0.15) is 5.03 Å². The number of hydrogen-bond acceptors (Lipinski definition) is 5. The molecule has 24 heavy (non-hydrogen) atoms. The third-order valence-electron chi connectivity index (χ3n) is 3.15. The number of anilines is 1. The zero-order valence-electron chi connectivity index (χ0n) is 13.3. The molecule has 0 saturated carbocycles. The van der Waals surface area contributed by atoms with E-state index in [0.717, 1.165) is 5.56 Å². The first-order valence-corrected chi connectivity index (χ1v) is 8.69. The molecular formula is C17H17ClN2O3S. The monoisotopic (exact) mass is 364 g/mol. The molecule has 0 spiro atoms. The van der Waals surface area contributed by atoms with Crippen molar-refractivity contribution < 1.29 is 14.3 Å². The van der Waals surface area contributed by atoms with Crippen LogP contribution in [0.25, 0.3) is 0 Å². The average molecular weight is 365 g/mol. The molecule has 0 aliphatic rings. The van der Waals surface area contributed by atoms with Gasteiger partial charge in [-0.1, -0.05) is 29.4 Å². The molecule has 1 N–H and O–H groups in total. The SMILES string of the molecule is CCOC(=O)c1cccnc1SCC(=O)Nc1cccc(Cl)c1C. The van der Waals surface area contributed by atoms with E-state index in [1.807, 2.05) is 6.92 Å². The summed E-state index contributed by atoms with van der Waals surface area (Å²) in [6.07, 6.45) is 1.57. The molecule has 0 unspecified atom stereocenters. The van der Waals surface area contributed by atoms with Crippen molar-refractivity contribution in [2.75, 3.05) is 17.7 Å². The summed E-state index contributed by atoms with van der Waals surface area (Å²) in [5.74, 6) is -0.528. The highest BCUT2D eigenvalue weighted by molar-refractivity contribution is 8.00. The highest BCUT2D eigenvalue weighted by atomic mass is 35.5. The van der Waals surface area contributed by atoms with Gasteiger partial charge in [-0.15, -0.1) is 0 Å². The number of halogens is 1. The normalized spacial score (nSPS) is 10.3. The van der Waals surface area contributed by atoms with Crippen molar-refractivity contribution in [1.29, 1.82) is 0 Å². The molecule has 0 bridgehead atoms. The Balaban J connectivity index is 2.02. The second-order valence-electron chi connectivity index (χ2n) is 4.83. The molecule has 0 aliphatic carbocycles. The van der Waals surface area contributed by atoms with E-state index in [2.05, 4.69) is 10.3 Å². The lowest BCUT2D eigenvalue weighted by atomic mass is 10.2. The van der Waals surface area contributed by atoms with Crippen molar-refractivity contribution in [2.45, 2.75) is 18.9 Å². The number of nitrogens with one attached hydrogen (secondary N) is 1. The molecular weight excluding hydrogens is 348 g/mol. The average Bonchev–Trinajstić information content (AvgIpc) is 2.57. The van der Waals surface area contributed by atoms with Gasteiger partial charge >= 0.3 is 5.97 Å². The van der Waals surface area contributed by atoms with E-state index in [-0.39, 0.29) is 18.3 Å². The van der Waals surface area contributed by atoms with Crippen LogP contribution in [0.4, 0.5) is 5.69 Å². The topological polar surface area (TPSA) is 68.3 Å². The van der Waals surface area contributed by atoms with E-state index in [4.69, 9.17) is 16.3 Å². The van der Waals surface area contributed by atoms with Crippen molar-refractivity contribution in [1.82, 2.24) is 4.98 Å². The molecule has 7 heteroatoms. The third-order valence-corrected chi connectivity index (χ3v) is 4.56. The summed E-state index contributed by atoms with van der Waals surface area (Å²) in [4.78, 5) is 28.2. The van der Waals surface area contributed by atoms with Gasteiger partial charge in [-0.05, 0) is 43.7 Å². The van der Waals surface area contributed by atoms with E-state index < -0.39 is 5.97 Å². The Labute approximate surface area is 149 Å². The molecule has 0 radical (unpaired) electrons. The fraction of sp³-hybridized carbons (Fsp3) is 0.235. The number of esters is 1. The van der Waals surface area contributed by atoms with Crippen molar-refractivity contribution in [3.63, 3.8) is 0 Å². The minimum atomic E-state index is -0.445. The van der Waals surface area contributed by atoms with Crippen LogP contribution in [-0.2, 0) is 9.53 Å². The first-order valence-electron chi connectivity index (χ1n) is 7.32. The standard InChI is InChI=1S/C17H17ClN2O3S/c1-3-23-17(22)12-6-5-9-19-16(12)24-10-15(21)20-14-8-4-7-13(18)11(14)2/h4-9H,3,10H2,1-2H3,(H,20,21). The van der Waals surface area contributed by atoms with Gasteiger partial charge in [0.05, 0.1) is 17.9 Å². The quantitative estimate of drug-likeness (QED) is 0.620. The first-order chi connectivity index (χ1) is 11.5. The van der Waals surface area contributed by atoms with E-state index in [0.29, 0.717) is 21.3 Å². The lowest BCUT2D eigenvalue weighted by molar-refractivity contribution is -0.113. The Bertz CT molecular complexity index is 752.